The second-order valence-electron chi connectivity index (χ2n) is 5.87. The van der Waals surface area contributed by atoms with Crippen LogP contribution in [0, 0.1) is 0 Å². The molecule has 0 saturated carbocycles. The fraction of sp³-hybridized carbons (Fsp3) is 0.412. The van der Waals surface area contributed by atoms with Gasteiger partial charge < -0.3 is 10.2 Å². The van der Waals surface area contributed by atoms with Gasteiger partial charge in [-0.05, 0) is 30.5 Å². The first-order chi connectivity index (χ1) is 12.2. The van der Waals surface area contributed by atoms with Crippen molar-refractivity contribution in [2.24, 2.45) is 0 Å². The monoisotopic (exact) mass is 359 g/mol. The van der Waals surface area contributed by atoms with Gasteiger partial charge in [0, 0.05) is 37.4 Å². The van der Waals surface area contributed by atoms with Crippen LogP contribution in [0.2, 0.25) is 0 Å². The molecule has 1 aliphatic heterocycles. The van der Waals surface area contributed by atoms with E-state index >= 15 is 0 Å². The van der Waals surface area contributed by atoms with Crippen LogP contribution in [-0.4, -0.2) is 51.5 Å². The van der Waals surface area contributed by atoms with Crippen LogP contribution < -0.4 is 5.32 Å². The molecule has 0 aliphatic carbocycles. The molecule has 0 spiro atoms. The molecule has 2 aromatic rings. The van der Waals surface area contributed by atoms with Crippen molar-refractivity contribution in [2.45, 2.75) is 30.2 Å². The maximum atomic E-state index is 12.1. The van der Waals surface area contributed by atoms with Gasteiger partial charge in [-0.1, -0.05) is 23.9 Å². The Hall–Kier alpha value is -2.35. The summed E-state index contributed by atoms with van der Waals surface area (Å²) in [7, 11) is 0. The second-order valence-corrected chi connectivity index (χ2v) is 6.83. The number of aromatic amines is 1. The Balaban J connectivity index is 1.41. The second kappa shape index (κ2) is 8.66. The van der Waals surface area contributed by atoms with Crippen molar-refractivity contribution < 1.29 is 9.59 Å². The normalized spacial score (nSPS) is 13.8. The van der Waals surface area contributed by atoms with Gasteiger partial charge in [0.2, 0.25) is 5.91 Å². The summed E-state index contributed by atoms with van der Waals surface area (Å²) < 4.78 is 0. The zero-order valence-electron chi connectivity index (χ0n) is 13.9. The van der Waals surface area contributed by atoms with Crippen molar-refractivity contribution in [2.75, 3.05) is 19.6 Å². The Labute approximate surface area is 150 Å². The fourth-order valence-electron chi connectivity index (χ4n) is 2.68. The minimum Gasteiger partial charge on any atom is -0.352 e. The van der Waals surface area contributed by atoms with E-state index in [1.807, 2.05) is 17.0 Å². The lowest BCUT2D eigenvalue weighted by Crippen LogP contribution is -2.32. The molecule has 0 radical (unpaired) electrons. The summed E-state index contributed by atoms with van der Waals surface area (Å²) in [5, 5.41) is 10.2. The van der Waals surface area contributed by atoms with Crippen LogP contribution in [0.1, 0.15) is 35.2 Å². The fourth-order valence-corrected chi connectivity index (χ4v) is 3.41. The lowest BCUT2D eigenvalue weighted by atomic mass is 10.1. The van der Waals surface area contributed by atoms with Crippen molar-refractivity contribution in [3.8, 4) is 0 Å². The van der Waals surface area contributed by atoms with Crippen molar-refractivity contribution in [3.05, 3.63) is 41.7 Å². The third-order valence-corrected chi connectivity index (χ3v) is 5.02. The number of rotatable bonds is 7. The van der Waals surface area contributed by atoms with Crippen molar-refractivity contribution in [1.82, 2.24) is 25.4 Å². The average Bonchev–Trinajstić information content (AvgIpc) is 3.34. The quantitative estimate of drug-likeness (QED) is 0.736. The minimum atomic E-state index is -0.149. The molecule has 1 fully saturated rings. The van der Waals surface area contributed by atoms with Gasteiger partial charge in [0.1, 0.15) is 6.33 Å². The molecule has 2 amide bonds. The molecule has 1 saturated heterocycles. The van der Waals surface area contributed by atoms with Crippen LogP contribution in [0.3, 0.4) is 0 Å². The number of aromatic nitrogens is 3. The molecule has 0 unspecified atom stereocenters. The van der Waals surface area contributed by atoms with Gasteiger partial charge in [-0.15, -0.1) is 0 Å². The van der Waals surface area contributed by atoms with E-state index in [2.05, 4.69) is 20.5 Å². The van der Waals surface area contributed by atoms with E-state index in [-0.39, 0.29) is 11.8 Å². The summed E-state index contributed by atoms with van der Waals surface area (Å²) in [6, 6.07) is 7.45. The molecule has 7 nitrogen and oxygen atoms in total. The summed E-state index contributed by atoms with van der Waals surface area (Å²) in [5.74, 6) is 0.725. The van der Waals surface area contributed by atoms with E-state index in [1.54, 1.807) is 23.9 Å². The van der Waals surface area contributed by atoms with Crippen LogP contribution in [0.4, 0.5) is 0 Å². The Kier molecular flexibility index (Phi) is 6.05. The SMILES string of the molecule is O=C(NCCC(=O)N1CCCC1)c1ccc(CSc2ncn[nH]2)cc1. The van der Waals surface area contributed by atoms with Gasteiger partial charge in [-0.25, -0.2) is 4.98 Å². The Morgan fingerprint density at radius 3 is 2.64 bits per heavy atom. The van der Waals surface area contributed by atoms with Gasteiger partial charge in [0.05, 0.1) is 0 Å². The van der Waals surface area contributed by atoms with E-state index in [0.717, 1.165) is 42.4 Å². The summed E-state index contributed by atoms with van der Waals surface area (Å²) >= 11 is 1.55. The molecular formula is C17H21N5O2S. The molecule has 0 atom stereocenters. The number of thioether (sulfide) groups is 1. The highest BCUT2D eigenvalue weighted by Gasteiger charge is 2.17. The largest absolute Gasteiger partial charge is 0.352 e. The number of carbonyl (C=O) groups is 2. The van der Waals surface area contributed by atoms with Crippen LogP contribution in [0.25, 0.3) is 0 Å². The third kappa shape index (κ3) is 5.06. The zero-order chi connectivity index (χ0) is 17.5. The number of H-pyrrole nitrogens is 1. The van der Waals surface area contributed by atoms with Crippen LogP contribution in [-0.2, 0) is 10.5 Å². The summed E-state index contributed by atoms with van der Waals surface area (Å²) in [6.07, 6.45) is 4.00. The first-order valence-electron chi connectivity index (χ1n) is 8.35. The standard InChI is InChI=1S/C17H21N5O2S/c23-15(22-9-1-2-10-22)7-8-18-16(24)14-5-3-13(4-6-14)11-25-17-19-12-20-21-17/h3-6,12H,1-2,7-11H2,(H,18,24)(H,19,20,21). The Morgan fingerprint density at radius 1 is 1.20 bits per heavy atom. The van der Waals surface area contributed by atoms with E-state index in [1.165, 1.54) is 6.33 Å². The summed E-state index contributed by atoms with van der Waals surface area (Å²) in [6.45, 7) is 2.07. The molecule has 1 aromatic heterocycles. The maximum Gasteiger partial charge on any atom is 0.251 e. The molecule has 3 rings (SSSR count). The lowest BCUT2D eigenvalue weighted by Gasteiger charge is -2.15. The molecule has 8 heteroatoms. The van der Waals surface area contributed by atoms with Crippen LogP contribution >= 0.6 is 11.8 Å². The van der Waals surface area contributed by atoms with Gasteiger partial charge >= 0.3 is 0 Å². The number of nitrogens with one attached hydrogen (secondary N) is 2. The van der Waals surface area contributed by atoms with E-state index in [9.17, 15) is 9.59 Å². The van der Waals surface area contributed by atoms with Crippen molar-refractivity contribution >= 4 is 23.6 Å². The lowest BCUT2D eigenvalue weighted by molar-refractivity contribution is -0.129. The third-order valence-electron chi connectivity index (χ3n) is 4.07. The van der Waals surface area contributed by atoms with Gasteiger partial charge in [0.25, 0.3) is 5.91 Å². The predicted octanol–water partition coefficient (Wildman–Crippen LogP) is 1.84. The molecule has 2 heterocycles. The van der Waals surface area contributed by atoms with Gasteiger partial charge in [-0.2, -0.15) is 5.10 Å². The molecule has 25 heavy (non-hydrogen) atoms. The maximum absolute atomic E-state index is 12.1. The van der Waals surface area contributed by atoms with Crippen molar-refractivity contribution in [1.29, 1.82) is 0 Å². The number of hydrogen-bond acceptors (Lipinski definition) is 5. The number of hydrogen-bond donors (Lipinski definition) is 2. The Bertz CT molecular complexity index is 696. The van der Waals surface area contributed by atoms with E-state index in [0.29, 0.717) is 18.5 Å². The number of benzene rings is 1. The number of amides is 2. The molecule has 2 N–H and O–H groups in total. The highest BCUT2D eigenvalue weighted by atomic mass is 32.2. The topological polar surface area (TPSA) is 91.0 Å². The van der Waals surface area contributed by atoms with Crippen molar-refractivity contribution in [3.63, 3.8) is 0 Å². The molecule has 1 aliphatic rings. The van der Waals surface area contributed by atoms with E-state index in [4.69, 9.17) is 0 Å². The van der Waals surface area contributed by atoms with Gasteiger partial charge in [-0.3, -0.25) is 14.7 Å². The molecule has 1 aromatic carbocycles. The van der Waals surface area contributed by atoms with Gasteiger partial charge in [0.15, 0.2) is 5.16 Å². The minimum absolute atomic E-state index is 0.123. The number of carbonyl (C=O) groups excluding carboxylic acids is 2. The predicted molar refractivity (Wildman–Crippen MR) is 95.1 cm³/mol. The summed E-state index contributed by atoms with van der Waals surface area (Å²) in [5.41, 5.74) is 1.70. The highest BCUT2D eigenvalue weighted by Crippen LogP contribution is 2.18. The van der Waals surface area contributed by atoms with Crippen LogP contribution in [0.15, 0.2) is 35.7 Å². The van der Waals surface area contributed by atoms with Crippen LogP contribution in [0.5, 0.6) is 0 Å². The molecular weight excluding hydrogens is 338 g/mol. The first kappa shape index (κ1) is 17.5. The zero-order valence-corrected chi connectivity index (χ0v) is 14.7. The Morgan fingerprint density at radius 2 is 1.96 bits per heavy atom. The number of likely N-dealkylation sites (tertiary alicyclic amines) is 1. The highest BCUT2D eigenvalue weighted by molar-refractivity contribution is 7.98. The molecule has 0 bridgehead atoms. The van der Waals surface area contributed by atoms with E-state index < -0.39 is 0 Å². The smallest absolute Gasteiger partial charge is 0.251 e. The number of nitrogens with zero attached hydrogens (tertiary/aromatic N) is 3. The average molecular weight is 359 g/mol. The first-order valence-corrected chi connectivity index (χ1v) is 9.34. The molecule has 132 valence electrons. The summed E-state index contributed by atoms with van der Waals surface area (Å²) in [4.78, 5) is 30.0.